The van der Waals surface area contributed by atoms with Gasteiger partial charge in [-0.3, -0.25) is 9.59 Å². The van der Waals surface area contributed by atoms with Gasteiger partial charge in [0.05, 0.1) is 13.5 Å². The molecular weight excluding hydrogens is 316 g/mol. The molecule has 2 rings (SSSR count). The number of rotatable bonds is 7. The molecular formula is C17H25ClN2O3. The Balaban J connectivity index is 0.00000264. The number of ether oxygens (including phenoxy) is 1. The number of carbonyl (C=O) groups is 2. The summed E-state index contributed by atoms with van der Waals surface area (Å²) in [6, 6.07) is 5.20. The van der Waals surface area contributed by atoms with Gasteiger partial charge in [-0.15, -0.1) is 12.4 Å². The molecule has 1 atom stereocenters. The summed E-state index contributed by atoms with van der Waals surface area (Å²) in [5.74, 6) is 1.25. The van der Waals surface area contributed by atoms with Gasteiger partial charge in [0, 0.05) is 17.7 Å². The second kappa shape index (κ2) is 9.53. The average Bonchev–Trinajstić information content (AvgIpc) is 3.00. The Morgan fingerprint density at radius 1 is 1.39 bits per heavy atom. The molecule has 1 aliphatic rings. The number of benzene rings is 1. The van der Waals surface area contributed by atoms with E-state index in [-0.39, 0.29) is 30.5 Å². The number of methoxy groups -OCH3 is 1. The fourth-order valence-electron chi connectivity index (χ4n) is 2.75. The van der Waals surface area contributed by atoms with Crippen LogP contribution in [0.5, 0.6) is 5.75 Å². The lowest BCUT2D eigenvalue weighted by Crippen LogP contribution is -2.28. The van der Waals surface area contributed by atoms with E-state index in [1.807, 2.05) is 0 Å². The Bertz CT molecular complexity index is 543. The zero-order valence-corrected chi connectivity index (χ0v) is 14.5. The molecule has 23 heavy (non-hydrogen) atoms. The Kier molecular flexibility index (Phi) is 8.06. The summed E-state index contributed by atoms with van der Waals surface area (Å²) >= 11 is 0. The van der Waals surface area contributed by atoms with E-state index >= 15 is 0 Å². The first-order valence-electron chi connectivity index (χ1n) is 7.75. The van der Waals surface area contributed by atoms with E-state index in [4.69, 9.17) is 4.74 Å². The third-order valence-electron chi connectivity index (χ3n) is 4.08. The van der Waals surface area contributed by atoms with Crippen LogP contribution in [0.15, 0.2) is 18.2 Å². The molecule has 0 radical (unpaired) electrons. The van der Waals surface area contributed by atoms with Gasteiger partial charge in [0.1, 0.15) is 5.75 Å². The van der Waals surface area contributed by atoms with Gasteiger partial charge in [-0.2, -0.15) is 0 Å². The van der Waals surface area contributed by atoms with Crippen molar-refractivity contribution in [2.75, 3.05) is 26.7 Å². The quantitative estimate of drug-likeness (QED) is 0.745. The highest BCUT2D eigenvalue weighted by molar-refractivity contribution is 5.94. The molecule has 1 saturated heterocycles. The molecule has 5 nitrogen and oxygen atoms in total. The minimum atomic E-state index is -0.0371. The Morgan fingerprint density at radius 3 is 2.78 bits per heavy atom. The van der Waals surface area contributed by atoms with Crippen molar-refractivity contribution >= 4 is 24.1 Å². The number of nitrogens with one attached hydrogen (secondary N) is 2. The summed E-state index contributed by atoms with van der Waals surface area (Å²) in [6.07, 6.45) is 2.42. The molecule has 128 valence electrons. The van der Waals surface area contributed by atoms with Crippen LogP contribution in [0.4, 0.5) is 0 Å². The topological polar surface area (TPSA) is 67.4 Å². The summed E-state index contributed by atoms with van der Waals surface area (Å²) in [6.45, 7) is 4.33. The minimum absolute atomic E-state index is 0. The van der Waals surface area contributed by atoms with Crippen LogP contribution in [0.3, 0.4) is 0 Å². The third-order valence-corrected chi connectivity index (χ3v) is 4.08. The van der Waals surface area contributed by atoms with Crippen molar-refractivity contribution in [1.29, 1.82) is 0 Å². The maximum Gasteiger partial charge on any atom is 0.224 e. The van der Waals surface area contributed by atoms with Crippen molar-refractivity contribution in [2.24, 2.45) is 5.92 Å². The van der Waals surface area contributed by atoms with Crippen molar-refractivity contribution in [1.82, 2.24) is 10.6 Å². The summed E-state index contributed by atoms with van der Waals surface area (Å²) in [5.41, 5.74) is 1.34. The van der Waals surface area contributed by atoms with Gasteiger partial charge in [-0.05, 0) is 57.0 Å². The van der Waals surface area contributed by atoms with Crippen LogP contribution in [0.1, 0.15) is 35.7 Å². The smallest absolute Gasteiger partial charge is 0.224 e. The largest absolute Gasteiger partial charge is 0.496 e. The highest BCUT2D eigenvalue weighted by Gasteiger charge is 2.15. The van der Waals surface area contributed by atoms with Crippen LogP contribution in [0.25, 0.3) is 0 Å². The second-order valence-corrected chi connectivity index (χ2v) is 5.76. The van der Waals surface area contributed by atoms with E-state index in [2.05, 4.69) is 10.6 Å². The number of carbonyl (C=O) groups excluding carboxylic acids is 2. The van der Waals surface area contributed by atoms with Crippen LogP contribution >= 0.6 is 12.4 Å². The first-order valence-corrected chi connectivity index (χ1v) is 7.75. The lowest BCUT2D eigenvalue weighted by atomic mass is 10.0. The normalized spacial score (nSPS) is 16.5. The van der Waals surface area contributed by atoms with E-state index in [1.165, 1.54) is 13.3 Å². The molecule has 6 heteroatoms. The van der Waals surface area contributed by atoms with Crippen molar-refractivity contribution in [3.05, 3.63) is 29.3 Å². The van der Waals surface area contributed by atoms with Crippen LogP contribution in [-0.2, 0) is 11.2 Å². The minimum Gasteiger partial charge on any atom is -0.496 e. The molecule has 1 aromatic carbocycles. The summed E-state index contributed by atoms with van der Waals surface area (Å²) < 4.78 is 5.27. The number of hydrogen-bond donors (Lipinski definition) is 2. The Morgan fingerprint density at radius 2 is 2.17 bits per heavy atom. The monoisotopic (exact) mass is 340 g/mol. The SMILES string of the molecule is COc1ccc(C(C)=O)cc1CC(=O)NCCC1CCNC1.Cl. The molecule has 0 aliphatic carbocycles. The fraction of sp³-hybridized carbons (Fsp3) is 0.529. The lowest BCUT2D eigenvalue weighted by Gasteiger charge is -2.12. The predicted octanol–water partition coefficient (Wildman–Crippen LogP) is 1.98. The molecule has 1 heterocycles. The van der Waals surface area contributed by atoms with Gasteiger partial charge in [-0.25, -0.2) is 0 Å². The Hall–Kier alpha value is -1.59. The molecule has 1 amide bonds. The molecule has 0 aromatic heterocycles. The van der Waals surface area contributed by atoms with Crippen molar-refractivity contribution in [2.45, 2.75) is 26.2 Å². The highest BCUT2D eigenvalue weighted by Crippen LogP contribution is 2.21. The van der Waals surface area contributed by atoms with Crippen molar-refractivity contribution in [3.63, 3.8) is 0 Å². The molecule has 2 N–H and O–H groups in total. The van der Waals surface area contributed by atoms with Crippen molar-refractivity contribution in [3.8, 4) is 5.75 Å². The number of hydrogen-bond acceptors (Lipinski definition) is 4. The Labute approximate surface area is 143 Å². The van der Waals surface area contributed by atoms with Gasteiger partial charge >= 0.3 is 0 Å². The first kappa shape index (κ1) is 19.5. The van der Waals surface area contributed by atoms with E-state index in [0.29, 0.717) is 23.8 Å². The molecule has 0 saturated carbocycles. The number of ketones is 1. The van der Waals surface area contributed by atoms with E-state index in [1.54, 1.807) is 25.3 Å². The maximum absolute atomic E-state index is 12.1. The number of amides is 1. The molecule has 1 aromatic rings. The van der Waals surface area contributed by atoms with Crippen LogP contribution in [0.2, 0.25) is 0 Å². The number of halogens is 1. The summed E-state index contributed by atoms with van der Waals surface area (Å²) in [5, 5.41) is 6.27. The highest BCUT2D eigenvalue weighted by atomic mass is 35.5. The molecule has 1 fully saturated rings. The van der Waals surface area contributed by atoms with Crippen LogP contribution in [0, 0.1) is 5.92 Å². The van der Waals surface area contributed by atoms with E-state index < -0.39 is 0 Å². The van der Waals surface area contributed by atoms with E-state index in [9.17, 15) is 9.59 Å². The zero-order chi connectivity index (χ0) is 15.9. The van der Waals surface area contributed by atoms with E-state index in [0.717, 1.165) is 25.1 Å². The average molecular weight is 341 g/mol. The number of Topliss-reactive ketones (excluding diaryl/α,β-unsaturated/α-hetero) is 1. The maximum atomic E-state index is 12.1. The van der Waals surface area contributed by atoms with Gasteiger partial charge in [0.15, 0.2) is 5.78 Å². The molecule has 0 spiro atoms. The van der Waals surface area contributed by atoms with Crippen LogP contribution in [-0.4, -0.2) is 38.4 Å². The van der Waals surface area contributed by atoms with Gasteiger partial charge in [0.2, 0.25) is 5.91 Å². The molecule has 1 aliphatic heterocycles. The van der Waals surface area contributed by atoms with Gasteiger partial charge in [0.25, 0.3) is 0 Å². The van der Waals surface area contributed by atoms with Gasteiger partial charge in [-0.1, -0.05) is 0 Å². The molecule has 1 unspecified atom stereocenters. The second-order valence-electron chi connectivity index (χ2n) is 5.76. The fourth-order valence-corrected chi connectivity index (χ4v) is 2.75. The summed E-state index contributed by atoms with van der Waals surface area (Å²) in [4.78, 5) is 23.5. The predicted molar refractivity (Wildman–Crippen MR) is 92.6 cm³/mol. The molecule has 0 bridgehead atoms. The third kappa shape index (κ3) is 5.84. The van der Waals surface area contributed by atoms with Crippen LogP contribution < -0.4 is 15.4 Å². The summed E-state index contributed by atoms with van der Waals surface area (Å²) in [7, 11) is 1.57. The standard InChI is InChI=1S/C17H24N2O3.ClH/c1-12(20)14-3-4-16(22-2)15(9-14)10-17(21)19-8-6-13-5-7-18-11-13;/h3-4,9,13,18H,5-8,10-11H2,1-2H3,(H,19,21);1H. The van der Waals surface area contributed by atoms with Gasteiger partial charge < -0.3 is 15.4 Å². The lowest BCUT2D eigenvalue weighted by molar-refractivity contribution is -0.120. The van der Waals surface area contributed by atoms with Crippen molar-refractivity contribution < 1.29 is 14.3 Å². The zero-order valence-electron chi connectivity index (χ0n) is 13.7. The first-order chi connectivity index (χ1) is 10.6.